The molecule has 0 aliphatic rings. The Balaban J connectivity index is 2.01. The maximum absolute atomic E-state index is 9.42. The molecule has 0 fully saturated rings. The van der Waals surface area contributed by atoms with E-state index in [-0.39, 0.29) is 6.10 Å². The second-order valence-corrected chi connectivity index (χ2v) is 4.77. The third-order valence-electron chi connectivity index (χ3n) is 2.57. The fourth-order valence-electron chi connectivity index (χ4n) is 1.47. The molecule has 90 valence electrons. The molecular formula is C14H16O2S. The lowest BCUT2D eigenvalue weighted by Crippen LogP contribution is -2.15. The van der Waals surface area contributed by atoms with Gasteiger partial charge in [-0.1, -0.05) is 37.3 Å². The van der Waals surface area contributed by atoms with E-state index >= 15 is 0 Å². The molecule has 1 aromatic heterocycles. The number of rotatable bonds is 5. The minimum absolute atomic E-state index is 0.366. The molecule has 0 radical (unpaired) electrons. The van der Waals surface area contributed by atoms with Crippen LogP contribution in [0.1, 0.15) is 13.3 Å². The number of aliphatic hydroxyl groups is 1. The van der Waals surface area contributed by atoms with Crippen molar-refractivity contribution in [3.8, 4) is 16.2 Å². The molecule has 0 spiro atoms. The van der Waals surface area contributed by atoms with Gasteiger partial charge in [-0.05, 0) is 23.6 Å². The van der Waals surface area contributed by atoms with E-state index in [1.165, 1.54) is 5.56 Å². The Hall–Kier alpha value is -1.32. The van der Waals surface area contributed by atoms with E-state index in [0.29, 0.717) is 6.61 Å². The first-order chi connectivity index (χ1) is 8.29. The van der Waals surface area contributed by atoms with Crippen LogP contribution >= 0.6 is 11.3 Å². The lowest BCUT2D eigenvalue weighted by atomic mass is 10.1. The number of aliphatic hydroxyl groups excluding tert-OH is 1. The zero-order valence-electron chi connectivity index (χ0n) is 9.80. The van der Waals surface area contributed by atoms with Crippen LogP contribution in [0.2, 0.25) is 0 Å². The third-order valence-corrected chi connectivity index (χ3v) is 3.41. The molecule has 2 rings (SSSR count). The van der Waals surface area contributed by atoms with Gasteiger partial charge in [-0.25, -0.2) is 0 Å². The van der Waals surface area contributed by atoms with Crippen LogP contribution in [0.5, 0.6) is 5.06 Å². The van der Waals surface area contributed by atoms with Gasteiger partial charge in [0.2, 0.25) is 0 Å². The van der Waals surface area contributed by atoms with Crippen LogP contribution in [0.4, 0.5) is 0 Å². The van der Waals surface area contributed by atoms with E-state index in [1.54, 1.807) is 11.3 Å². The predicted molar refractivity (Wildman–Crippen MR) is 71.5 cm³/mol. The SMILES string of the molecule is CCC(O)COc1cc(-c2ccccc2)cs1. The van der Waals surface area contributed by atoms with Crippen LogP contribution in [0.25, 0.3) is 11.1 Å². The van der Waals surface area contributed by atoms with Crippen molar-refractivity contribution in [1.82, 2.24) is 0 Å². The van der Waals surface area contributed by atoms with Crippen molar-refractivity contribution < 1.29 is 9.84 Å². The van der Waals surface area contributed by atoms with E-state index in [1.807, 2.05) is 31.2 Å². The summed E-state index contributed by atoms with van der Waals surface area (Å²) in [6.45, 7) is 2.31. The van der Waals surface area contributed by atoms with Gasteiger partial charge in [0.1, 0.15) is 6.61 Å². The third kappa shape index (κ3) is 3.32. The summed E-state index contributed by atoms with van der Waals surface area (Å²) >= 11 is 1.56. The Morgan fingerprint density at radius 2 is 2.00 bits per heavy atom. The molecule has 3 heteroatoms. The molecule has 17 heavy (non-hydrogen) atoms. The van der Waals surface area contributed by atoms with E-state index in [2.05, 4.69) is 17.5 Å². The first kappa shape index (κ1) is 12.1. The van der Waals surface area contributed by atoms with Crippen molar-refractivity contribution in [2.24, 2.45) is 0 Å². The van der Waals surface area contributed by atoms with Gasteiger partial charge in [-0.2, -0.15) is 0 Å². The summed E-state index contributed by atoms with van der Waals surface area (Å²) in [5, 5.41) is 12.4. The quantitative estimate of drug-likeness (QED) is 0.876. The first-order valence-electron chi connectivity index (χ1n) is 5.74. The summed E-state index contributed by atoms with van der Waals surface area (Å²) in [5.74, 6) is 0. The standard InChI is InChI=1S/C14H16O2S/c1-2-13(15)9-16-14-8-12(10-17-14)11-6-4-3-5-7-11/h3-8,10,13,15H,2,9H2,1H3. The minimum atomic E-state index is -0.378. The number of hydrogen-bond donors (Lipinski definition) is 1. The van der Waals surface area contributed by atoms with Gasteiger partial charge in [0, 0.05) is 5.38 Å². The van der Waals surface area contributed by atoms with Gasteiger partial charge in [0.15, 0.2) is 5.06 Å². The van der Waals surface area contributed by atoms with Crippen LogP contribution in [0.15, 0.2) is 41.8 Å². The van der Waals surface area contributed by atoms with Crippen LogP contribution in [0, 0.1) is 0 Å². The van der Waals surface area contributed by atoms with Crippen molar-refractivity contribution in [2.45, 2.75) is 19.4 Å². The molecule has 0 bridgehead atoms. The monoisotopic (exact) mass is 248 g/mol. The minimum Gasteiger partial charge on any atom is -0.481 e. The Labute approximate surface area is 105 Å². The topological polar surface area (TPSA) is 29.5 Å². The summed E-state index contributed by atoms with van der Waals surface area (Å²) in [6, 6.07) is 12.2. The maximum atomic E-state index is 9.42. The number of hydrogen-bond acceptors (Lipinski definition) is 3. The highest BCUT2D eigenvalue weighted by Gasteiger charge is 2.05. The Morgan fingerprint density at radius 1 is 1.24 bits per heavy atom. The van der Waals surface area contributed by atoms with Gasteiger partial charge in [0.05, 0.1) is 6.10 Å². The summed E-state index contributed by atoms with van der Waals surface area (Å²) < 4.78 is 5.53. The van der Waals surface area contributed by atoms with Crippen molar-refractivity contribution in [3.05, 3.63) is 41.8 Å². The van der Waals surface area contributed by atoms with Gasteiger partial charge in [-0.3, -0.25) is 0 Å². The van der Waals surface area contributed by atoms with Crippen molar-refractivity contribution in [2.75, 3.05) is 6.61 Å². The Bertz CT molecular complexity index is 450. The molecule has 2 aromatic rings. The van der Waals surface area contributed by atoms with E-state index < -0.39 is 0 Å². The molecule has 0 aliphatic carbocycles. The lowest BCUT2D eigenvalue weighted by Gasteiger charge is -2.07. The Morgan fingerprint density at radius 3 is 2.71 bits per heavy atom. The lowest BCUT2D eigenvalue weighted by molar-refractivity contribution is 0.106. The zero-order chi connectivity index (χ0) is 12.1. The van der Waals surface area contributed by atoms with E-state index in [0.717, 1.165) is 17.0 Å². The average Bonchev–Trinajstić information content (AvgIpc) is 2.86. The largest absolute Gasteiger partial charge is 0.481 e. The molecule has 1 aromatic carbocycles. The molecule has 0 amide bonds. The molecular weight excluding hydrogens is 232 g/mol. The van der Waals surface area contributed by atoms with Gasteiger partial charge in [-0.15, -0.1) is 11.3 Å². The highest BCUT2D eigenvalue weighted by Crippen LogP contribution is 2.30. The molecule has 0 aliphatic heterocycles. The van der Waals surface area contributed by atoms with E-state index in [9.17, 15) is 5.11 Å². The normalized spacial score (nSPS) is 12.4. The molecule has 1 unspecified atom stereocenters. The number of thiophene rings is 1. The molecule has 0 saturated heterocycles. The fraction of sp³-hybridized carbons (Fsp3) is 0.286. The maximum Gasteiger partial charge on any atom is 0.174 e. The molecule has 1 atom stereocenters. The summed E-state index contributed by atoms with van der Waals surface area (Å²) in [4.78, 5) is 0. The molecule has 2 nitrogen and oxygen atoms in total. The predicted octanol–water partition coefficient (Wildman–Crippen LogP) is 3.56. The fourth-order valence-corrected chi connectivity index (χ4v) is 2.25. The Kier molecular flexibility index (Phi) is 4.18. The smallest absolute Gasteiger partial charge is 0.174 e. The van der Waals surface area contributed by atoms with Crippen LogP contribution in [-0.4, -0.2) is 17.8 Å². The summed E-state index contributed by atoms with van der Waals surface area (Å²) in [5.41, 5.74) is 2.35. The van der Waals surface area contributed by atoms with Crippen LogP contribution < -0.4 is 4.74 Å². The summed E-state index contributed by atoms with van der Waals surface area (Å²) in [7, 11) is 0. The van der Waals surface area contributed by atoms with Crippen molar-refractivity contribution in [3.63, 3.8) is 0 Å². The van der Waals surface area contributed by atoms with Gasteiger partial charge >= 0.3 is 0 Å². The van der Waals surface area contributed by atoms with Crippen LogP contribution in [-0.2, 0) is 0 Å². The van der Waals surface area contributed by atoms with E-state index in [4.69, 9.17) is 4.74 Å². The average molecular weight is 248 g/mol. The van der Waals surface area contributed by atoms with Gasteiger partial charge in [0.25, 0.3) is 0 Å². The second kappa shape index (κ2) is 5.84. The highest BCUT2D eigenvalue weighted by atomic mass is 32.1. The zero-order valence-corrected chi connectivity index (χ0v) is 10.6. The first-order valence-corrected chi connectivity index (χ1v) is 6.62. The number of benzene rings is 1. The van der Waals surface area contributed by atoms with Gasteiger partial charge < -0.3 is 9.84 Å². The summed E-state index contributed by atoms with van der Waals surface area (Å²) in [6.07, 6.45) is 0.342. The molecule has 0 saturated carbocycles. The second-order valence-electron chi connectivity index (χ2n) is 3.89. The highest BCUT2D eigenvalue weighted by molar-refractivity contribution is 7.12. The van der Waals surface area contributed by atoms with Crippen molar-refractivity contribution in [1.29, 1.82) is 0 Å². The van der Waals surface area contributed by atoms with Crippen molar-refractivity contribution >= 4 is 11.3 Å². The molecule has 1 N–H and O–H groups in total. The molecule has 1 heterocycles. The number of ether oxygens (including phenoxy) is 1. The van der Waals surface area contributed by atoms with Crippen LogP contribution in [0.3, 0.4) is 0 Å².